The summed E-state index contributed by atoms with van der Waals surface area (Å²) in [4.78, 5) is 20.1. The molecule has 1 aliphatic carbocycles. The first kappa shape index (κ1) is 27.3. The van der Waals surface area contributed by atoms with E-state index in [0.717, 1.165) is 13.3 Å². The fourth-order valence-electron chi connectivity index (χ4n) is 4.93. The second-order valence-electron chi connectivity index (χ2n) is 10.0. The lowest BCUT2D eigenvalue weighted by molar-refractivity contribution is -0.137. The Hall–Kier alpha value is -4.31. The molecule has 3 atom stereocenters. The molecule has 1 aliphatic heterocycles. The number of pyridine rings is 2. The number of benzene rings is 1. The summed E-state index contributed by atoms with van der Waals surface area (Å²) >= 11 is 0. The largest absolute Gasteiger partial charge is 0.474 e. The summed E-state index contributed by atoms with van der Waals surface area (Å²) in [5, 5.41) is 15.1. The van der Waals surface area contributed by atoms with Crippen molar-refractivity contribution in [2.45, 2.75) is 57.1 Å². The van der Waals surface area contributed by atoms with Crippen molar-refractivity contribution in [3.8, 4) is 23.2 Å². The predicted molar refractivity (Wildman–Crippen MR) is 134 cm³/mol. The lowest BCUT2D eigenvalue weighted by atomic mass is 9.95. The van der Waals surface area contributed by atoms with Gasteiger partial charge in [-0.25, -0.2) is 13.8 Å². The van der Waals surface area contributed by atoms with E-state index in [1.807, 2.05) is 6.07 Å². The van der Waals surface area contributed by atoms with Crippen LogP contribution in [0.25, 0.3) is 11.3 Å². The number of hydrogen-bond acceptors (Lipinski definition) is 8. The molecular weight excluding hydrogens is 535 g/mol. The molecular formula is C27H23F5N6O2. The lowest BCUT2D eigenvalue weighted by Gasteiger charge is -2.22. The minimum absolute atomic E-state index is 0.0601. The Morgan fingerprint density at radius 1 is 1.32 bits per heavy atom. The number of anilines is 2. The summed E-state index contributed by atoms with van der Waals surface area (Å²) in [7, 11) is 0. The number of halogens is 5. The number of nitrogens with two attached hydrogens (primary N) is 1. The third kappa shape index (κ3) is 4.90. The van der Waals surface area contributed by atoms with Crippen LogP contribution >= 0.6 is 0 Å². The molecule has 0 bridgehead atoms. The van der Waals surface area contributed by atoms with E-state index in [2.05, 4.69) is 20.6 Å². The monoisotopic (exact) mass is 558 g/mol. The van der Waals surface area contributed by atoms with Gasteiger partial charge >= 0.3 is 6.18 Å². The number of nitrogens with zero attached hydrogens (tertiary/aromatic N) is 3. The summed E-state index contributed by atoms with van der Waals surface area (Å²) in [5.41, 5.74) is 0.848. The SMILES string of the molecule is Cc1c(F)c(N)cc(-c2nc(OC(C)CC34CC3N4)c(C=O)c(NCc3cncc(C#N)c3)c2F)c1C(F)(F)F. The molecule has 2 aromatic heterocycles. The van der Waals surface area contributed by atoms with Gasteiger partial charge in [0, 0.05) is 42.5 Å². The van der Waals surface area contributed by atoms with Gasteiger partial charge in [0.1, 0.15) is 23.1 Å². The van der Waals surface area contributed by atoms with Gasteiger partial charge in [-0.1, -0.05) is 0 Å². The molecule has 5 rings (SSSR count). The summed E-state index contributed by atoms with van der Waals surface area (Å²) < 4.78 is 78.8. The third-order valence-electron chi connectivity index (χ3n) is 7.14. The van der Waals surface area contributed by atoms with Crippen molar-refractivity contribution in [3.05, 3.63) is 64.0 Å². The molecule has 2 fully saturated rings. The van der Waals surface area contributed by atoms with Crippen LogP contribution in [0.4, 0.5) is 33.3 Å². The molecule has 0 radical (unpaired) electrons. The molecule has 13 heteroatoms. The maximum absolute atomic E-state index is 16.1. The van der Waals surface area contributed by atoms with Crippen molar-refractivity contribution in [2.75, 3.05) is 11.1 Å². The van der Waals surface area contributed by atoms with E-state index in [9.17, 15) is 22.4 Å². The van der Waals surface area contributed by atoms with Gasteiger partial charge in [-0.05, 0) is 43.5 Å². The fraction of sp³-hybridized carbons (Fsp3) is 0.333. The molecule has 208 valence electrons. The summed E-state index contributed by atoms with van der Waals surface area (Å²) in [6.45, 7) is 2.44. The first-order valence-electron chi connectivity index (χ1n) is 12.3. The molecule has 2 aliphatic rings. The Morgan fingerprint density at radius 3 is 2.62 bits per heavy atom. The zero-order valence-corrected chi connectivity index (χ0v) is 21.3. The number of nitrogens with one attached hydrogen (secondary N) is 2. The molecule has 0 amide bonds. The standard InChI is InChI=1S/C27H23F5N6O2/c1-12(5-26-6-19(26)38-26)40-25-17(11-39)23(36-10-15-3-14(7-33)8-35-9-15)22(29)24(37-25)16-4-18(34)21(28)13(2)20(16)27(30,31)32/h3-4,8-9,11-12,19,38H,5-6,10,34H2,1-2H3,(H,36,37). The first-order valence-corrected chi connectivity index (χ1v) is 12.3. The van der Waals surface area contributed by atoms with Crippen LogP contribution in [0.5, 0.6) is 5.88 Å². The number of aromatic nitrogens is 2. The van der Waals surface area contributed by atoms with Crippen LogP contribution in [0.3, 0.4) is 0 Å². The molecule has 1 aromatic carbocycles. The van der Waals surface area contributed by atoms with E-state index in [4.69, 9.17) is 15.7 Å². The fourth-order valence-corrected chi connectivity index (χ4v) is 4.93. The van der Waals surface area contributed by atoms with Gasteiger partial charge in [-0.2, -0.15) is 18.4 Å². The van der Waals surface area contributed by atoms with E-state index < -0.39 is 63.6 Å². The molecule has 1 saturated carbocycles. The number of alkyl halides is 3. The van der Waals surface area contributed by atoms with Gasteiger partial charge < -0.3 is 21.1 Å². The van der Waals surface area contributed by atoms with Crippen LogP contribution in [0.15, 0.2) is 24.5 Å². The second kappa shape index (κ2) is 9.71. The molecule has 4 N–H and O–H groups in total. The maximum Gasteiger partial charge on any atom is 0.417 e. The minimum Gasteiger partial charge on any atom is -0.474 e. The number of carbonyl (C=O) groups is 1. The summed E-state index contributed by atoms with van der Waals surface area (Å²) in [6, 6.07) is 4.44. The van der Waals surface area contributed by atoms with E-state index >= 15 is 4.39 Å². The van der Waals surface area contributed by atoms with Crippen LogP contribution in [0.2, 0.25) is 0 Å². The van der Waals surface area contributed by atoms with Crippen LogP contribution in [0, 0.1) is 29.9 Å². The number of fused-ring (bicyclic) bond motifs is 1. The number of ether oxygens (including phenoxy) is 1. The van der Waals surface area contributed by atoms with Crippen molar-refractivity contribution < 1.29 is 31.5 Å². The van der Waals surface area contributed by atoms with Crippen molar-refractivity contribution in [1.29, 1.82) is 5.26 Å². The Morgan fingerprint density at radius 2 is 2.02 bits per heavy atom. The zero-order valence-electron chi connectivity index (χ0n) is 21.3. The van der Waals surface area contributed by atoms with Crippen molar-refractivity contribution >= 4 is 17.7 Å². The molecule has 1 saturated heterocycles. The highest BCUT2D eigenvalue weighted by atomic mass is 19.4. The van der Waals surface area contributed by atoms with Crippen molar-refractivity contribution in [2.24, 2.45) is 0 Å². The summed E-state index contributed by atoms with van der Waals surface area (Å²) in [6.07, 6.45) is -1.13. The van der Waals surface area contributed by atoms with Crippen molar-refractivity contribution in [1.82, 2.24) is 15.3 Å². The third-order valence-corrected chi connectivity index (χ3v) is 7.14. The quantitative estimate of drug-likeness (QED) is 0.146. The van der Waals surface area contributed by atoms with Crippen LogP contribution in [-0.4, -0.2) is 33.9 Å². The lowest BCUT2D eigenvalue weighted by Crippen LogP contribution is -2.23. The zero-order chi connectivity index (χ0) is 29.0. The van der Waals surface area contributed by atoms with E-state index in [1.165, 1.54) is 18.5 Å². The van der Waals surface area contributed by atoms with Gasteiger partial charge in [0.15, 0.2) is 12.1 Å². The molecule has 3 heterocycles. The number of carbonyl (C=O) groups excluding carboxylic acids is 1. The second-order valence-corrected chi connectivity index (χ2v) is 10.0. The average Bonchev–Trinajstić information content (AvgIpc) is 3.76. The predicted octanol–water partition coefficient (Wildman–Crippen LogP) is 4.90. The number of aldehydes is 1. The van der Waals surface area contributed by atoms with Crippen molar-refractivity contribution in [3.63, 3.8) is 0 Å². The Bertz CT molecular complexity index is 1560. The Balaban J connectivity index is 1.65. The van der Waals surface area contributed by atoms with E-state index in [1.54, 1.807) is 6.92 Å². The minimum atomic E-state index is -5.09. The average molecular weight is 559 g/mol. The highest BCUT2D eigenvalue weighted by Crippen LogP contribution is 2.54. The highest BCUT2D eigenvalue weighted by Gasteiger charge is 2.69. The molecule has 3 aromatic rings. The Kier molecular flexibility index (Phi) is 6.62. The Labute approximate surface area is 225 Å². The van der Waals surface area contributed by atoms with Crippen LogP contribution < -0.4 is 21.1 Å². The van der Waals surface area contributed by atoms with Gasteiger partial charge in [0.2, 0.25) is 5.88 Å². The highest BCUT2D eigenvalue weighted by molar-refractivity contribution is 5.90. The van der Waals surface area contributed by atoms with Gasteiger partial charge in [0.25, 0.3) is 0 Å². The van der Waals surface area contributed by atoms with E-state index in [-0.39, 0.29) is 29.5 Å². The van der Waals surface area contributed by atoms with Gasteiger partial charge in [-0.15, -0.1) is 0 Å². The maximum atomic E-state index is 16.1. The number of nitrogen functional groups attached to an aromatic ring is 1. The summed E-state index contributed by atoms with van der Waals surface area (Å²) in [5.74, 6) is -2.98. The smallest absolute Gasteiger partial charge is 0.417 e. The van der Waals surface area contributed by atoms with E-state index in [0.29, 0.717) is 24.1 Å². The molecule has 8 nitrogen and oxygen atoms in total. The van der Waals surface area contributed by atoms with Crippen LogP contribution in [0.1, 0.15) is 52.4 Å². The number of hydrogen-bond donors (Lipinski definition) is 3. The number of nitriles is 1. The molecule has 40 heavy (non-hydrogen) atoms. The van der Waals surface area contributed by atoms with Gasteiger partial charge in [-0.3, -0.25) is 9.78 Å². The first-order chi connectivity index (χ1) is 18.9. The molecule has 3 unspecified atom stereocenters. The topological polar surface area (TPSA) is 136 Å². The normalized spacial score (nSPS) is 19.8. The van der Waals surface area contributed by atoms with Gasteiger partial charge in [0.05, 0.1) is 28.6 Å². The number of rotatable bonds is 9. The van der Waals surface area contributed by atoms with Crippen LogP contribution in [-0.2, 0) is 12.7 Å². The molecule has 0 spiro atoms.